The van der Waals surface area contributed by atoms with E-state index in [4.69, 9.17) is 4.74 Å². The first-order valence-electron chi connectivity index (χ1n) is 6.04. The Morgan fingerprint density at radius 3 is 2.47 bits per heavy atom. The fraction of sp³-hybridized carbons (Fsp3) is 0.400. The number of aryl methyl sites for hydroxylation is 1. The SMILES string of the molecule is C=C(C)C(=O)CCOc1ccc(CCC)cc1. The molecule has 0 fully saturated rings. The molecular formula is C15H20O2. The van der Waals surface area contributed by atoms with Gasteiger partial charge >= 0.3 is 0 Å². The van der Waals surface area contributed by atoms with Crippen molar-refractivity contribution in [1.82, 2.24) is 0 Å². The fourth-order valence-electron chi connectivity index (χ4n) is 1.52. The molecule has 0 aromatic heterocycles. The van der Waals surface area contributed by atoms with Crippen LogP contribution in [0.2, 0.25) is 0 Å². The zero-order valence-corrected chi connectivity index (χ0v) is 10.7. The number of carbonyl (C=O) groups excluding carboxylic acids is 1. The predicted molar refractivity (Wildman–Crippen MR) is 70.4 cm³/mol. The molecule has 0 amide bonds. The van der Waals surface area contributed by atoms with Crippen molar-refractivity contribution in [2.24, 2.45) is 0 Å². The van der Waals surface area contributed by atoms with E-state index in [9.17, 15) is 4.79 Å². The summed E-state index contributed by atoms with van der Waals surface area (Å²) < 4.78 is 5.50. The highest BCUT2D eigenvalue weighted by atomic mass is 16.5. The Bertz CT molecular complexity index is 376. The van der Waals surface area contributed by atoms with E-state index in [1.165, 1.54) is 5.56 Å². The highest BCUT2D eigenvalue weighted by Gasteiger charge is 2.02. The van der Waals surface area contributed by atoms with Crippen molar-refractivity contribution >= 4 is 5.78 Å². The molecule has 17 heavy (non-hydrogen) atoms. The van der Waals surface area contributed by atoms with E-state index in [1.54, 1.807) is 6.92 Å². The van der Waals surface area contributed by atoms with Crippen molar-refractivity contribution in [1.29, 1.82) is 0 Å². The Hall–Kier alpha value is -1.57. The van der Waals surface area contributed by atoms with Crippen LogP contribution >= 0.6 is 0 Å². The van der Waals surface area contributed by atoms with E-state index in [0.717, 1.165) is 18.6 Å². The van der Waals surface area contributed by atoms with Gasteiger partial charge in [-0.25, -0.2) is 0 Å². The molecule has 92 valence electrons. The van der Waals surface area contributed by atoms with Crippen molar-refractivity contribution in [3.05, 3.63) is 42.0 Å². The van der Waals surface area contributed by atoms with Crippen LogP contribution in [0.25, 0.3) is 0 Å². The Morgan fingerprint density at radius 1 is 1.29 bits per heavy atom. The van der Waals surface area contributed by atoms with E-state index in [2.05, 4.69) is 25.6 Å². The number of allylic oxidation sites excluding steroid dienone is 1. The Kier molecular flexibility index (Phi) is 5.47. The minimum atomic E-state index is 0.0626. The lowest BCUT2D eigenvalue weighted by atomic mass is 10.1. The zero-order valence-electron chi connectivity index (χ0n) is 10.7. The molecule has 1 aromatic carbocycles. The standard InChI is InChI=1S/C15H20O2/c1-4-5-13-6-8-14(9-7-13)17-11-10-15(16)12(2)3/h6-9H,2,4-5,10-11H2,1,3H3. The molecule has 0 aliphatic heterocycles. The van der Waals surface area contributed by atoms with Crippen molar-refractivity contribution in [2.45, 2.75) is 33.1 Å². The summed E-state index contributed by atoms with van der Waals surface area (Å²) in [6.45, 7) is 7.91. The molecule has 1 rings (SSSR count). The van der Waals surface area contributed by atoms with E-state index in [0.29, 0.717) is 18.6 Å². The summed E-state index contributed by atoms with van der Waals surface area (Å²) in [6, 6.07) is 8.05. The van der Waals surface area contributed by atoms with E-state index >= 15 is 0 Å². The number of hydrogen-bond donors (Lipinski definition) is 0. The van der Waals surface area contributed by atoms with Gasteiger partial charge in [-0.2, -0.15) is 0 Å². The highest BCUT2D eigenvalue weighted by Crippen LogP contribution is 2.13. The molecule has 0 saturated heterocycles. The van der Waals surface area contributed by atoms with Gasteiger partial charge in [-0.3, -0.25) is 4.79 Å². The maximum absolute atomic E-state index is 11.3. The second kappa shape index (κ2) is 6.89. The summed E-state index contributed by atoms with van der Waals surface area (Å²) in [4.78, 5) is 11.3. The number of ketones is 1. The first kappa shape index (κ1) is 13.5. The number of rotatable bonds is 7. The van der Waals surface area contributed by atoms with Gasteiger partial charge in [0.05, 0.1) is 6.61 Å². The van der Waals surface area contributed by atoms with Crippen LogP contribution in [0.5, 0.6) is 5.75 Å². The number of ether oxygens (including phenoxy) is 1. The van der Waals surface area contributed by atoms with Crippen molar-refractivity contribution in [3.8, 4) is 5.75 Å². The molecule has 0 radical (unpaired) electrons. The van der Waals surface area contributed by atoms with E-state index in [1.807, 2.05) is 12.1 Å². The van der Waals surface area contributed by atoms with Crippen molar-refractivity contribution in [2.75, 3.05) is 6.61 Å². The van der Waals surface area contributed by atoms with Crippen LogP contribution in [-0.4, -0.2) is 12.4 Å². The first-order valence-corrected chi connectivity index (χ1v) is 6.04. The van der Waals surface area contributed by atoms with Gasteiger partial charge in [-0.1, -0.05) is 32.1 Å². The van der Waals surface area contributed by atoms with Gasteiger partial charge < -0.3 is 4.74 Å². The molecule has 1 aromatic rings. The quantitative estimate of drug-likeness (QED) is 0.672. The fourth-order valence-corrected chi connectivity index (χ4v) is 1.52. The maximum Gasteiger partial charge on any atom is 0.161 e. The molecule has 0 bridgehead atoms. The second-order valence-corrected chi connectivity index (χ2v) is 4.20. The smallest absolute Gasteiger partial charge is 0.161 e. The zero-order chi connectivity index (χ0) is 12.7. The molecule has 0 saturated carbocycles. The van der Waals surface area contributed by atoms with Gasteiger partial charge in [-0.15, -0.1) is 0 Å². The van der Waals surface area contributed by atoms with Gasteiger partial charge in [-0.05, 0) is 36.6 Å². The third kappa shape index (κ3) is 4.85. The topological polar surface area (TPSA) is 26.3 Å². The monoisotopic (exact) mass is 232 g/mol. The van der Waals surface area contributed by atoms with Gasteiger partial charge in [0.25, 0.3) is 0 Å². The molecule has 0 atom stereocenters. The average Bonchev–Trinajstić information content (AvgIpc) is 2.31. The van der Waals surface area contributed by atoms with Crippen molar-refractivity contribution < 1.29 is 9.53 Å². The minimum absolute atomic E-state index is 0.0626. The Balaban J connectivity index is 2.37. The maximum atomic E-state index is 11.3. The van der Waals surface area contributed by atoms with Crippen LogP contribution in [0, 0.1) is 0 Å². The third-order valence-corrected chi connectivity index (χ3v) is 2.54. The molecule has 0 unspecified atom stereocenters. The number of benzene rings is 1. The summed E-state index contributed by atoms with van der Waals surface area (Å²) in [6.07, 6.45) is 2.63. The van der Waals surface area contributed by atoms with Gasteiger partial charge in [0.2, 0.25) is 0 Å². The molecule has 2 heteroatoms. The minimum Gasteiger partial charge on any atom is -0.493 e. The molecule has 0 aliphatic carbocycles. The lowest BCUT2D eigenvalue weighted by Crippen LogP contribution is -2.06. The third-order valence-electron chi connectivity index (χ3n) is 2.54. The number of carbonyl (C=O) groups is 1. The molecule has 0 aliphatic rings. The number of Topliss-reactive ketones (excluding diaryl/α,β-unsaturated/α-hetero) is 1. The van der Waals surface area contributed by atoms with Gasteiger partial charge in [0.1, 0.15) is 5.75 Å². The Labute approximate surface area is 103 Å². The summed E-state index contributed by atoms with van der Waals surface area (Å²) in [5, 5.41) is 0. The molecule has 0 spiro atoms. The molecular weight excluding hydrogens is 212 g/mol. The van der Waals surface area contributed by atoms with Gasteiger partial charge in [0.15, 0.2) is 5.78 Å². The van der Waals surface area contributed by atoms with Crippen LogP contribution in [0.15, 0.2) is 36.4 Å². The molecule has 0 heterocycles. The molecule has 0 N–H and O–H groups in total. The predicted octanol–water partition coefficient (Wildman–Crippen LogP) is 3.55. The van der Waals surface area contributed by atoms with Crippen LogP contribution in [0.1, 0.15) is 32.3 Å². The lowest BCUT2D eigenvalue weighted by molar-refractivity contribution is -0.115. The Morgan fingerprint density at radius 2 is 1.94 bits per heavy atom. The summed E-state index contributed by atoms with van der Waals surface area (Å²) in [5.41, 5.74) is 1.91. The summed E-state index contributed by atoms with van der Waals surface area (Å²) in [5.74, 6) is 0.881. The van der Waals surface area contributed by atoms with Crippen LogP contribution in [0.3, 0.4) is 0 Å². The van der Waals surface area contributed by atoms with Gasteiger partial charge in [0, 0.05) is 6.42 Å². The molecule has 2 nitrogen and oxygen atoms in total. The summed E-state index contributed by atoms with van der Waals surface area (Å²) >= 11 is 0. The second-order valence-electron chi connectivity index (χ2n) is 4.20. The first-order chi connectivity index (χ1) is 8.13. The van der Waals surface area contributed by atoms with E-state index in [-0.39, 0.29) is 5.78 Å². The normalized spacial score (nSPS) is 10.0. The van der Waals surface area contributed by atoms with E-state index < -0.39 is 0 Å². The van der Waals surface area contributed by atoms with Crippen LogP contribution < -0.4 is 4.74 Å². The van der Waals surface area contributed by atoms with Crippen molar-refractivity contribution in [3.63, 3.8) is 0 Å². The average molecular weight is 232 g/mol. The highest BCUT2D eigenvalue weighted by molar-refractivity contribution is 5.94. The lowest BCUT2D eigenvalue weighted by Gasteiger charge is -2.06. The van der Waals surface area contributed by atoms with Crippen LogP contribution in [-0.2, 0) is 11.2 Å². The summed E-state index contributed by atoms with van der Waals surface area (Å²) in [7, 11) is 0. The largest absolute Gasteiger partial charge is 0.493 e. The van der Waals surface area contributed by atoms with Crippen LogP contribution in [0.4, 0.5) is 0 Å². The number of hydrogen-bond acceptors (Lipinski definition) is 2.